The number of carbonyl (C=O) groups is 2. The van der Waals surface area contributed by atoms with E-state index in [9.17, 15) is 9.59 Å². The molecule has 3 N–H and O–H groups in total. The number of nitrogens with one attached hydrogen (secondary N) is 1. The molecule has 2 fully saturated rings. The maximum atomic E-state index is 12.6. The summed E-state index contributed by atoms with van der Waals surface area (Å²) in [7, 11) is 0. The van der Waals surface area contributed by atoms with Crippen molar-refractivity contribution in [3.63, 3.8) is 0 Å². The van der Waals surface area contributed by atoms with Crippen molar-refractivity contribution >= 4 is 11.9 Å². The third kappa shape index (κ3) is 3.80. The van der Waals surface area contributed by atoms with Crippen LogP contribution in [-0.2, 0) is 14.3 Å². The van der Waals surface area contributed by atoms with Crippen molar-refractivity contribution < 1.29 is 14.3 Å². The molecule has 5 atom stereocenters. The molecule has 2 aliphatic rings. The van der Waals surface area contributed by atoms with Gasteiger partial charge in [-0.05, 0) is 57.3 Å². The highest BCUT2D eigenvalue weighted by Crippen LogP contribution is 2.47. The van der Waals surface area contributed by atoms with E-state index in [1.54, 1.807) is 0 Å². The summed E-state index contributed by atoms with van der Waals surface area (Å²) in [6.45, 7) is 7.70. The average Bonchev–Trinajstić information content (AvgIpc) is 2.96. The predicted octanol–water partition coefficient (Wildman–Crippen LogP) is 1.84. The molecule has 0 saturated heterocycles. The number of rotatable bonds is 6. The quantitative estimate of drug-likeness (QED) is 0.734. The number of nitrogens with two attached hydrogens (primary N) is 1. The lowest BCUT2D eigenvalue weighted by atomic mass is 9.84. The van der Waals surface area contributed by atoms with Crippen LogP contribution >= 0.6 is 0 Å². The Morgan fingerprint density at radius 2 is 1.82 bits per heavy atom. The highest BCUT2D eigenvalue weighted by atomic mass is 16.5. The molecule has 4 unspecified atom stereocenters. The zero-order chi connectivity index (χ0) is 16.4. The normalized spacial score (nSPS) is 31.6. The maximum absolute atomic E-state index is 12.6. The molecule has 126 valence electrons. The smallest absolute Gasteiger partial charge is 0.328 e. The zero-order valence-electron chi connectivity index (χ0n) is 14.2. The SMILES string of the molecule is CC(C)C[C@H](NC(=O)C1C2CCC(C2)C1N)C(=O)OC(C)C. The van der Waals surface area contributed by atoms with Crippen LogP contribution in [0, 0.1) is 23.7 Å². The van der Waals surface area contributed by atoms with Crippen LogP contribution in [0.25, 0.3) is 0 Å². The summed E-state index contributed by atoms with van der Waals surface area (Å²) in [5.41, 5.74) is 6.22. The van der Waals surface area contributed by atoms with Gasteiger partial charge in [0, 0.05) is 6.04 Å². The lowest BCUT2D eigenvalue weighted by Gasteiger charge is -2.29. The molecular weight excluding hydrogens is 280 g/mol. The summed E-state index contributed by atoms with van der Waals surface area (Å²) in [4.78, 5) is 24.8. The average molecular weight is 310 g/mol. The van der Waals surface area contributed by atoms with Crippen LogP contribution in [0.2, 0.25) is 0 Å². The van der Waals surface area contributed by atoms with Crippen LogP contribution in [0.1, 0.15) is 53.4 Å². The first-order valence-corrected chi connectivity index (χ1v) is 8.56. The first-order valence-electron chi connectivity index (χ1n) is 8.56. The minimum Gasteiger partial charge on any atom is -0.461 e. The van der Waals surface area contributed by atoms with Gasteiger partial charge in [-0.1, -0.05) is 13.8 Å². The van der Waals surface area contributed by atoms with E-state index in [1.165, 1.54) is 0 Å². The molecule has 0 aromatic rings. The van der Waals surface area contributed by atoms with E-state index >= 15 is 0 Å². The summed E-state index contributed by atoms with van der Waals surface area (Å²) >= 11 is 0. The largest absolute Gasteiger partial charge is 0.461 e. The Morgan fingerprint density at radius 1 is 1.18 bits per heavy atom. The van der Waals surface area contributed by atoms with Gasteiger partial charge in [0.05, 0.1) is 12.0 Å². The predicted molar refractivity (Wildman–Crippen MR) is 84.9 cm³/mol. The number of fused-ring (bicyclic) bond motifs is 2. The second-order valence-electron chi connectivity index (χ2n) is 7.61. The fraction of sp³-hybridized carbons (Fsp3) is 0.882. The highest BCUT2D eigenvalue weighted by molar-refractivity contribution is 5.86. The van der Waals surface area contributed by atoms with Gasteiger partial charge in [0.2, 0.25) is 5.91 Å². The lowest BCUT2D eigenvalue weighted by Crippen LogP contribution is -2.51. The van der Waals surface area contributed by atoms with Crippen molar-refractivity contribution in [2.75, 3.05) is 0 Å². The number of esters is 1. The molecule has 2 rings (SSSR count). The summed E-state index contributed by atoms with van der Waals surface area (Å²) in [6, 6.07) is -0.624. The minimum absolute atomic E-state index is 0.0560. The van der Waals surface area contributed by atoms with Gasteiger partial charge in [-0.2, -0.15) is 0 Å². The molecule has 0 aliphatic heterocycles. The van der Waals surface area contributed by atoms with Crippen LogP contribution < -0.4 is 11.1 Å². The number of ether oxygens (including phenoxy) is 1. The topological polar surface area (TPSA) is 81.4 Å². The van der Waals surface area contributed by atoms with E-state index in [4.69, 9.17) is 10.5 Å². The van der Waals surface area contributed by atoms with Crippen LogP contribution in [0.3, 0.4) is 0 Å². The van der Waals surface area contributed by atoms with Crippen LogP contribution in [0.4, 0.5) is 0 Å². The third-order valence-electron chi connectivity index (χ3n) is 4.94. The van der Waals surface area contributed by atoms with Crippen LogP contribution in [0.5, 0.6) is 0 Å². The van der Waals surface area contributed by atoms with Crippen molar-refractivity contribution in [3.8, 4) is 0 Å². The lowest BCUT2D eigenvalue weighted by molar-refractivity contribution is -0.152. The molecule has 0 aromatic carbocycles. The summed E-state index contributed by atoms with van der Waals surface area (Å²) in [6.07, 6.45) is 3.70. The molecule has 0 heterocycles. The maximum Gasteiger partial charge on any atom is 0.328 e. The number of hydrogen-bond acceptors (Lipinski definition) is 4. The Balaban J connectivity index is 2.00. The van der Waals surface area contributed by atoms with Crippen molar-refractivity contribution in [3.05, 3.63) is 0 Å². The third-order valence-corrected chi connectivity index (χ3v) is 4.94. The van der Waals surface area contributed by atoms with Gasteiger partial charge in [0.25, 0.3) is 0 Å². The number of hydrogen-bond donors (Lipinski definition) is 2. The molecule has 1 amide bonds. The van der Waals surface area contributed by atoms with Gasteiger partial charge >= 0.3 is 5.97 Å². The molecule has 5 nitrogen and oxygen atoms in total. The molecule has 0 aromatic heterocycles. The van der Waals surface area contributed by atoms with E-state index in [1.807, 2.05) is 27.7 Å². The van der Waals surface area contributed by atoms with Crippen molar-refractivity contribution in [2.24, 2.45) is 29.4 Å². The Labute approximate surface area is 133 Å². The minimum atomic E-state index is -0.568. The zero-order valence-corrected chi connectivity index (χ0v) is 14.2. The van der Waals surface area contributed by atoms with Crippen LogP contribution in [-0.4, -0.2) is 30.1 Å². The standard InChI is InChI=1S/C17H30N2O3/c1-9(2)7-13(17(21)22-10(3)4)19-16(20)14-11-5-6-12(8-11)15(14)18/h9-15H,5-8,18H2,1-4H3,(H,19,20)/t11?,12?,13-,14?,15?/m0/s1. The van der Waals surface area contributed by atoms with Gasteiger partial charge in [0.1, 0.15) is 6.04 Å². The second-order valence-corrected chi connectivity index (χ2v) is 7.61. The van der Waals surface area contributed by atoms with E-state index in [0.717, 1.165) is 19.3 Å². The first-order chi connectivity index (χ1) is 10.3. The molecule has 2 bridgehead atoms. The fourth-order valence-electron chi connectivity index (χ4n) is 3.99. The van der Waals surface area contributed by atoms with E-state index in [0.29, 0.717) is 24.2 Å². The highest BCUT2D eigenvalue weighted by Gasteiger charge is 2.49. The molecule has 2 aliphatic carbocycles. The summed E-state index contributed by atoms with van der Waals surface area (Å²) < 4.78 is 5.28. The van der Waals surface area contributed by atoms with Gasteiger partial charge < -0.3 is 15.8 Å². The molecule has 0 radical (unpaired) electrons. The Morgan fingerprint density at radius 3 is 2.32 bits per heavy atom. The number of amides is 1. The van der Waals surface area contributed by atoms with E-state index in [-0.39, 0.29) is 29.9 Å². The molecule has 0 spiro atoms. The first kappa shape index (κ1) is 17.3. The van der Waals surface area contributed by atoms with E-state index in [2.05, 4.69) is 5.32 Å². The van der Waals surface area contributed by atoms with Crippen molar-refractivity contribution in [1.29, 1.82) is 0 Å². The summed E-state index contributed by atoms with van der Waals surface area (Å²) in [5, 5.41) is 2.92. The molecule has 2 saturated carbocycles. The molecular formula is C17H30N2O3. The Bertz CT molecular complexity index is 420. The second kappa shape index (κ2) is 6.99. The molecule has 22 heavy (non-hydrogen) atoms. The Hall–Kier alpha value is -1.10. The summed E-state index contributed by atoms with van der Waals surface area (Å²) in [5.74, 6) is 0.631. The van der Waals surface area contributed by atoms with Gasteiger partial charge in [-0.15, -0.1) is 0 Å². The Kier molecular flexibility index (Phi) is 5.48. The fourth-order valence-corrected chi connectivity index (χ4v) is 3.99. The van der Waals surface area contributed by atoms with E-state index < -0.39 is 6.04 Å². The van der Waals surface area contributed by atoms with Gasteiger partial charge in [0.15, 0.2) is 0 Å². The molecule has 5 heteroatoms. The van der Waals surface area contributed by atoms with Gasteiger partial charge in [-0.25, -0.2) is 4.79 Å². The van der Waals surface area contributed by atoms with Crippen LogP contribution in [0.15, 0.2) is 0 Å². The number of carbonyl (C=O) groups excluding carboxylic acids is 2. The van der Waals surface area contributed by atoms with Crippen molar-refractivity contribution in [1.82, 2.24) is 5.32 Å². The van der Waals surface area contributed by atoms with Crippen molar-refractivity contribution in [2.45, 2.75) is 71.6 Å². The van der Waals surface area contributed by atoms with Gasteiger partial charge in [-0.3, -0.25) is 4.79 Å². The monoisotopic (exact) mass is 310 g/mol.